The number of hydrogen-bond donors (Lipinski definition) is 0. The maximum Gasteiger partial charge on any atom is 0.306 e. The first-order valence-corrected chi connectivity index (χ1v) is 37.4. The summed E-state index contributed by atoms with van der Waals surface area (Å²) in [6.45, 7) is 4.78. The molecule has 9 nitrogen and oxygen atoms in total. The highest BCUT2D eigenvalue weighted by Gasteiger charge is 2.22. The molecule has 0 aliphatic rings. The molecular weight excluding hydrogens is 1080 g/mol. The lowest BCUT2D eigenvalue weighted by Crippen LogP contribution is -2.44. The fourth-order valence-electron chi connectivity index (χ4n) is 11.0. The minimum Gasteiger partial charge on any atom is -0.545 e. The fourth-order valence-corrected chi connectivity index (χ4v) is 11.0. The number of esters is 2. The molecular formula is C78H143NO8. The number of carbonyl (C=O) groups is 3. The molecule has 0 saturated heterocycles. The van der Waals surface area contributed by atoms with Gasteiger partial charge in [0.1, 0.15) is 13.2 Å². The second kappa shape index (κ2) is 68.9. The van der Waals surface area contributed by atoms with Crippen molar-refractivity contribution in [2.75, 3.05) is 47.5 Å². The van der Waals surface area contributed by atoms with Gasteiger partial charge in [0.2, 0.25) is 0 Å². The van der Waals surface area contributed by atoms with E-state index < -0.39 is 24.3 Å². The average Bonchev–Trinajstić information content (AvgIpc) is 3.55. The van der Waals surface area contributed by atoms with Crippen molar-refractivity contribution >= 4 is 17.9 Å². The molecule has 0 fully saturated rings. The van der Waals surface area contributed by atoms with Crippen molar-refractivity contribution in [1.29, 1.82) is 0 Å². The van der Waals surface area contributed by atoms with Gasteiger partial charge in [-0.1, -0.05) is 325 Å². The van der Waals surface area contributed by atoms with Crippen molar-refractivity contribution in [2.45, 2.75) is 373 Å². The van der Waals surface area contributed by atoms with E-state index in [2.05, 4.69) is 74.6 Å². The highest BCUT2D eigenvalue weighted by atomic mass is 16.7. The highest BCUT2D eigenvalue weighted by molar-refractivity contribution is 5.70. The van der Waals surface area contributed by atoms with Gasteiger partial charge in [-0.15, -0.1) is 0 Å². The minimum absolute atomic E-state index is 0.148. The number of ether oxygens (including phenoxy) is 4. The number of carboxylic acid groups (broad SMARTS) is 1. The Morgan fingerprint density at radius 3 is 0.920 bits per heavy atom. The van der Waals surface area contributed by atoms with Crippen LogP contribution in [0.5, 0.6) is 0 Å². The molecule has 0 aliphatic carbocycles. The quantitative estimate of drug-likeness (QED) is 0.0195. The number of aliphatic carboxylic acids is 1. The van der Waals surface area contributed by atoms with Gasteiger partial charge < -0.3 is 33.3 Å². The topological polar surface area (TPSA) is 111 Å². The van der Waals surface area contributed by atoms with Gasteiger partial charge in [0, 0.05) is 12.8 Å². The first-order valence-electron chi connectivity index (χ1n) is 37.4. The third-order valence-corrected chi connectivity index (χ3v) is 16.7. The number of carbonyl (C=O) groups excluding carboxylic acids is 3. The molecule has 0 spiro atoms. The largest absolute Gasteiger partial charge is 0.545 e. The summed E-state index contributed by atoms with van der Waals surface area (Å²) >= 11 is 0. The van der Waals surface area contributed by atoms with E-state index in [1.54, 1.807) is 0 Å². The molecule has 87 heavy (non-hydrogen) atoms. The van der Waals surface area contributed by atoms with E-state index in [9.17, 15) is 19.5 Å². The fraction of sp³-hybridized carbons (Fsp3) is 0.833. The molecule has 0 aliphatic heterocycles. The Kier molecular flexibility index (Phi) is 66.5. The molecule has 0 amide bonds. The Morgan fingerprint density at radius 1 is 0.345 bits per heavy atom. The van der Waals surface area contributed by atoms with Crippen molar-refractivity contribution in [3.63, 3.8) is 0 Å². The van der Waals surface area contributed by atoms with Crippen LogP contribution in [0.3, 0.4) is 0 Å². The zero-order valence-electron chi connectivity index (χ0n) is 58.2. The molecule has 0 N–H and O–H groups in total. The second-order valence-electron chi connectivity index (χ2n) is 26.6. The summed E-state index contributed by atoms with van der Waals surface area (Å²) in [6.07, 6.45) is 87.5. The predicted octanol–water partition coefficient (Wildman–Crippen LogP) is 22.1. The Hall–Kier alpha value is -3.01. The van der Waals surface area contributed by atoms with Crippen molar-refractivity contribution in [3.8, 4) is 0 Å². The molecule has 2 unspecified atom stereocenters. The van der Waals surface area contributed by atoms with Gasteiger partial charge in [0.25, 0.3) is 0 Å². The van der Waals surface area contributed by atoms with Crippen LogP contribution in [-0.4, -0.2) is 82.3 Å². The number of carboxylic acids is 1. The van der Waals surface area contributed by atoms with Gasteiger partial charge in [-0.25, -0.2) is 0 Å². The van der Waals surface area contributed by atoms with Crippen LogP contribution in [0.15, 0.2) is 60.8 Å². The summed E-state index contributed by atoms with van der Waals surface area (Å²) < 4.78 is 22.8. The number of nitrogens with zero attached hydrogens (tertiary/aromatic N) is 1. The monoisotopic (exact) mass is 1220 g/mol. The van der Waals surface area contributed by atoms with Gasteiger partial charge in [-0.05, 0) is 83.5 Å². The van der Waals surface area contributed by atoms with Crippen LogP contribution in [0, 0.1) is 0 Å². The third kappa shape index (κ3) is 70.3. The van der Waals surface area contributed by atoms with Crippen LogP contribution >= 0.6 is 0 Å². The molecule has 0 bridgehead atoms. The van der Waals surface area contributed by atoms with Gasteiger partial charge in [0.15, 0.2) is 12.4 Å². The lowest BCUT2D eigenvalue weighted by molar-refractivity contribution is -0.870. The first kappa shape index (κ1) is 84.0. The molecule has 0 rings (SSSR count). The molecule has 0 aromatic heterocycles. The second-order valence-corrected chi connectivity index (χ2v) is 26.6. The maximum atomic E-state index is 12.9. The number of rotatable bonds is 70. The lowest BCUT2D eigenvalue weighted by Gasteiger charge is -2.26. The average molecular weight is 1220 g/mol. The molecule has 2 atom stereocenters. The van der Waals surface area contributed by atoms with Gasteiger partial charge in [-0.3, -0.25) is 9.59 Å². The van der Waals surface area contributed by atoms with E-state index >= 15 is 0 Å². The van der Waals surface area contributed by atoms with E-state index in [0.29, 0.717) is 23.9 Å². The molecule has 9 heteroatoms. The van der Waals surface area contributed by atoms with E-state index in [4.69, 9.17) is 18.9 Å². The molecule has 0 aromatic rings. The van der Waals surface area contributed by atoms with Crippen molar-refractivity contribution in [2.24, 2.45) is 0 Å². The van der Waals surface area contributed by atoms with Crippen LogP contribution in [0.1, 0.15) is 361 Å². The van der Waals surface area contributed by atoms with Crippen LogP contribution in [0.4, 0.5) is 0 Å². The van der Waals surface area contributed by atoms with E-state index in [0.717, 1.165) is 51.4 Å². The molecule has 0 radical (unpaired) electrons. The molecule has 0 heterocycles. The summed E-state index contributed by atoms with van der Waals surface area (Å²) in [4.78, 5) is 37.5. The Morgan fingerprint density at radius 2 is 0.621 bits per heavy atom. The lowest BCUT2D eigenvalue weighted by atomic mass is 10.0. The summed E-state index contributed by atoms with van der Waals surface area (Å²) in [7, 11) is 5.94. The summed E-state index contributed by atoms with van der Waals surface area (Å²) in [6, 6.07) is 0. The van der Waals surface area contributed by atoms with E-state index in [-0.39, 0.29) is 32.2 Å². The predicted molar refractivity (Wildman–Crippen MR) is 371 cm³/mol. The summed E-state index contributed by atoms with van der Waals surface area (Å²) in [5.41, 5.74) is 0. The number of hydrogen-bond acceptors (Lipinski definition) is 8. The molecule has 0 saturated carbocycles. The Bertz CT molecular complexity index is 1610. The number of likely N-dealkylation sites (N-methyl/N-ethyl adjacent to an activating group) is 1. The zero-order chi connectivity index (χ0) is 63.3. The minimum atomic E-state index is -1.62. The maximum absolute atomic E-state index is 12.9. The first-order chi connectivity index (χ1) is 42.6. The Labute approximate surface area is 539 Å². The Balaban J connectivity index is 3.99. The van der Waals surface area contributed by atoms with E-state index in [1.165, 1.54) is 276 Å². The molecule has 508 valence electrons. The SMILES string of the molecule is CCCCCCC/C=C\C/C=C\C/C=C\CCCCCCCCCCCCCCCCCCCCCCCCCCC(=O)OC(COC(=O)CCCCCCCCCCCCC/C=C\C/C=C\CCCCCCC)COC(OCC[N+](C)(C)C)C(=O)[O-]. The summed E-state index contributed by atoms with van der Waals surface area (Å²) in [5, 5.41) is 11.8. The smallest absolute Gasteiger partial charge is 0.306 e. The zero-order valence-corrected chi connectivity index (χ0v) is 58.2. The van der Waals surface area contributed by atoms with Crippen LogP contribution < -0.4 is 5.11 Å². The van der Waals surface area contributed by atoms with Gasteiger partial charge in [0.05, 0.1) is 40.3 Å². The van der Waals surface area contributed by atoms with Crippen molar-refractivity contribution in [3.05, 3.63) is 60.8 Å². The third-order valence-electron chi connectivity index (χ3n) is 16.7. The number of allylic oxidation sites excluding steroid dienone is 10. The highest BCUT2D eigenvalue weighted by Crippen LogP contribution is 2.19. The van der Waals surface area contributed by atoms with Gasteiger partial charge >= 0.3 is 11.9 Å². The van der Waals surface area contributed by atoms with Crippen molar-refractivity contribution < 1.29 is 42.9 Å². The van der Waals surface area contributed by atoms with Crippen LogP contribution in [0.2, 0.25) is 0 Å². The number of quaternary nitrogens is 1. The normalized spacial score (nSPS) is 13.0. The van der Waals surface area contributed by atoms with Crippen molar-refractivity contribution in [1.82, 2.24) is 0 Å². The number of unbranched alkanes of at least 4 members (excludes halogenated alkanes) is 45. The van der Waals surface area contributed by atoms with Crippen LogP contribution in [0.25, 0.3) is 0 Å². The van der Waals surface area contributed by atoms with E-state index in [1.807, 2.05) is 21.1 Å². The van der Waals surface area contributed by atoms with Gasteiger partial charge in [-0.2, -0.15) is 0 Å². The van der Waals surface area contributed by atoms with Crippen LogP contribution in [-0.2, 0) is 33.3 Å². The standard InChI is InChI=1S/C78H143NO8/c1-6-8-10-12-14-16-18-20-22-24-26-28-30-31-32-33-34-35-36-37-38-39-40-41-42-43-44-45-47-49-51-53-55-57-59-61-63-65-67-69-76(81)87-74(73-86-78(77(82)83)84-71-70-79(3,4)5)72-85-75(80)68-66-64-62-60-58-56-54-52-50-48-46-29-27-25-23-21-19-17-15-13-11-9-7-2/h18-21,24-27,30-31,74,78H,6-17,22-23,28-29,32-73H2,1-5H3/b20-18-,21-19-,26-24-,27-25-,31-30-. The summed E-state index contributed by atoms with van der Waals surface area (Å²) in [5.74, 6) is -2.26. The molecule has 0 aromatic carbocycles.